The summed E-state index contributed by atoms with van der Waals surface area (Å²) in [4.78, 5) is 11.6. The average molecular weight is 259 g/mol. The van der Waals surface area contributed by atoms with E-state index < -0.39 is 0 Å². The zero-order valence-corrected chi connectivity index (χ0v) is 10.5. The van der Waals surface area contributed by atoms with Crippen molar-refractivity contribution in [2.45, 2.75) is 6.54 Å². The molecule has 0 saturated heterocycles. The second-order valence-corrected chi connectivity index (χ2v) is 4.16. The van der Waals surface area contributed by atoms with Crippen LogP contribution < -0.4 is 9.47 Å². The van der Waals surface area contributed by atoms with Gasteiger partial charge in [-0.2, -0.15) is 0 Å². The second-order valence-electron chi connectivity index (χ2n) is 4.16. The quantitative estimate of drug-likeness (QED) is 0.792. The van der Waals surface area contributed by atoms with E-state index in [1.165, 1.54) is 7.11 Å². The van der Waals surface area contributed by atoms with Gasteiger partial charge >= 0.3 is 5.97 Å². The Morgan fingerprint density at radius 2 is 2.21 bits per heavy atom. The van der Waals surface area contributed by atoms with Gasteiger partial charge in [0.1, 0.15) is 5.69 Å². The third kappa shape index (κ3) is 2.03. The lowest BCUT2D eigenvalue weighted by atomic mass is 10.2. The summed E-state index contributed by atoms with van der Waals surface area (Å²) in [6.07, 6.45) is 1.83. The van der Waals surface area contributed by atoms with Crippen LogP contribution in [0.5, 0.6) is 11.5 Å². The zero-order valence-electron chi connectivity index (χ0n) is 10.5. The Balaban J connectivity index is 1.92. The van der Waals surface area contributed by atoms with Crippen LogP contribution in [0.15, 0.2) is 36.5 Å². The molecular formula is C14H13NO4. The molecule has 0 saturated carbocycles. The first-order chi connectivity index (χ1) is 9.29. The average Bonchev–Trinajstić information content (AvgIpc) is 3.06. The van der Waals surface area contributed by atoms with Crippen molar-refractivity contribution in [2.75, 3.05) is 13.9 Å². The molecule has 5 nitrogen and oxygen atoms in total. The van der Waals surface area contributed by atoms with E-state index in [-0.39, 0.29) is 12.8 Å². The summed E-state index contributed by atoms with van der Waals surface area (Å²) < 4.78 is 17.4. The predicted molar refractivity (Wildman–Crippen MR) is 67.4 cm³/mol. The third-order valence-corrected chi connectivity index (χ3v) is 3.04. The van der Waals surface area contributed by atoms with Gasteiger partial charge in [-0.1, -0.05) is 12.1 Å². The molecule has 0 radical (unpaired) electrons. The number of fused-ring (bicyclic) bond motifs is 1. The van der Waals surface area contributed by atoms with Crippen LogP contribution in [0, 0.1) is 0 Å². The van der Waals surface area contributed by atoms with Gasteiger partial charge in [-0.15, -0.1) is 0 Å². The molecule has 0 bridgehead atoms. The minimum absolute atomic E-state index is 0.238. The highest BCUT2D eigenvalue weighted by molar-refractivity contribution is 5.87. The molecule has 0 spiro atoms. The number of nitrogens with zero attached hydrogens (tertiary/aromatic N) is 1. The van der Waals surface area contributed by atoms with E-state index >= 15 is 0 Å². The lowest BCUT2D eigenvalue weighted by molar-refractivity contribution is 0.0589. The van der Waals surface area contributed by atoms with E-state index in [2.05, 4.69) is 0 Å². The summed E-state index contributed by atoms with van der Waals surface area (Å²) in [7, 11) is 1.37. The fraction of sp³-hybridized carbons (Fsp3) is 0.214. The Hall–Kier alpha value is -2.43. The zero-order chi connectivity index (χ0) is 13.2. The van der Waals surface area contributed by atoms with Crippen LogP contribution >= 0.6 is 0 Å². The lowest BCUT2D eigenvalue weighted by Gasteiger charge is -2.10. The van der Waals surface area contributed by atoms with Gasteiger partial charge in [-0.3, -0.25) is 0 Å². The summed E-state index contributed by atoms with van der Waals surface area (Å²) in [5, 5.41) is 0. The molecule has 3 rings (SSSR count). The number of aromatic nitrogens is 1. The number of hydrogen-bond donors (Lipinski definition) is 0. The number of hydrogen-bond acceptors (Lipinski definition) is 4. The van der Waals surface area contributed by atoms with Crippen molar-refractivity contribution < 1.29 is 19.0 Å². The molecule has 1 aromatic carbocycles. The van der Waals surface area contributed by atoms with E-state index in [0.717, 1.165) is 17.1 Å². The number of carbonyl (C=O) groups is 1. The van der Waals surface area contributed by atoms with E-state index in [1.807, 2.05) is 35.0 Å². The first-order valence-electron chi connectivity index (χ1n) is 5.90. The topological polar surface area (TPSA) is 49.7 Å². The maximum absolute atomic E-state index is 11.6. The molecule has 1 aliphatic rings. The third-order valence-electron chi connectivity index (χ3n) is 3.04. The summed E-state index contributed by atoms with van der Waals surface area (Å²) >= 11 is 0. The molecule has 2 heterocycles. The molecule has 0 atom stereocenters. The van der Waals surface area contributed by atoms with E-state index in [9.17, 15) is 4.79 Å². The lowest BCUT2D eigenvalue weighted by Crippen LogP contribution is -2.11. The molecule has 0 aliphatic carbocycles. The smallest absolute Gasteiger partial charge is 0.354 e. The van der Waals surface area contributed by atoms with E-state index in [1.54, 1.807) is 6.07 Å². The number of benzene rings is 1. The van der Waals surface area contributed by atoms with Gasteiger partial charge in [0, 0.05) is 11.8 Å². The monoisotopic (exact) mass is 259 g/mol. The van der Waals surface area contributed by atoms with Gasteiger partial charge in [0.25, 0.3) is 0 Å². The minimum atomic E-state index is -0.352. The predicted octanol–water partition coefficient (Wildman–Crippen LogP) is 2.05. The molecule has 5 heteroatoms. The Bertz CT molecular complexity index is 618. The first-order valence-corrected chi connectivity index (χ1v) is 5.90. The molecule has 19 heavy (non-hydrogen) atoms. The van der Waals surface area contributed by atoms with Gasteiger partial charge in [-0.25, -0.2) is 4.79 Å². The number of rotatable bonds is 3. The number of esters is 1. The molecule has 0 N–H and O–H groups in total. The van der Waals surface area contributed by atoms with Crippen molar-refractivity contribution in [3.8, 4) is 11.5 Å². The molecule has 1 aliphatic heterocycles. The molecule has 98 valence electrons. The van der Waals surface area contributed by atoms with Gasteiger partial charge in [0.2, 0.25) is 6.79 Å². The number of ether oxygens (including phenoxy) is 3. The van der Waals surface area contributed by atoms with Crippen LogP contribution in [-0.2, 0) is 11.3 Å². The van der Waals surface area contributed by atoms with Gasteiger partial charge in [0.15, 0.2) is 11.5 Å². The van der Waals surface area contributed by atoms with Crippen molar-refractivity contribution in [1.82, 2.24) is 4.57 Å². The highest BCUT2D eigenvalue weighted by Gasteiger charge is 2.18. The van der Waals surface area contributed by atoms with Crippen LogP contribution in [-0.4, -0.2) is 24.4 Å². The Kier molecular flexibility index (Phi) is 2.87. The SMILES string of the molecule is COC(=O)c1cccn1Cc1cccc2c1OCO2. The fourth-order valence-electron chi connectivity index (χ4n) is 2.14. The summed E-state index contributed by atoms with van der Waals surface area (Å²) in [5.41, 5.74) is 1.48. The van der Waals surface area contributed by atoms with Gasteiger partial charge < -0.3 is 18.8 Å². The molecule has 1 aromatic heterocycles. The van der Waals surface area contributed by atoms with Crippen LogP contribution in [0.4, 0.5) is 0 Å². The highest BCUT2D eigenvalue weighted by Crippen LogP contribution is 2.35. The number of methoxy groups -OCH3 is 1. The second kappa shape index (κ2) is 4.68. The normalized spacial score (nSPS) is 12.5. The Morgan fingerprint density at radius 1 is 1.32 bits per heavy atom. The Labute approximate surface area is 110 Å². The molecule has 0 unspecified atom stereocenters. The van der Waals surface area contributed by atoms with Gasteiger partial charge in [0.05, 0.1) is 13.7 Å². The molecule has 0 fully saturated rings. The van der Waals surface area contributed by atoms with Crippen LogP contribution in [0.1, 0.15) is 16.1 Å². The van der Waals surface area contributed by atoms with Crippen LogP contribution in [0.25, 0.3) is 0 Å². The fourth-order valence-corrected chi connectivity index (χ4v) is 2.14. The number of carbonyl (C=O) groups excluding carboxylic acids is 1. The summed E-state index contributed by atoms with van der Waals surface area (Å²) in [6, 6.07) is 9.26. The van der Waals surface area contributed by atoms with Crippen molar-refractivity contribution >= 4 is 5.97 Å². The van der Waals surface area contributed by atoms with Crippen molar-refractivity contribution in [1.29, 1.82) is 0 Å². The highest BCUT2D eigenvalue weighted by atomic mass is 16.7. The molecule has 0 amide bonds. The first kappa shape index (κ1) is 11.6. The summed E-state index contributed by atoms with van der Waals surface area (Å²) in [5.74, 6) is 1.13. The van der Waals surface area contributed by atoms with Crippen molar-refractivity contribution in [3.63, 3.8) is 0 Å². The maximum Gasteiger partial charge on any atom is 0.354 e. The molecule has 2 aromatic rings. The van der Waals surface area contributed by atoms with Crippen molar-refractivity contribution in [3.05, 3.63) is 47.8 Å². The van der Waals surface area contributed by atoms with Crippen molar-refractivity contribution in [2.24, 2.45) is 0 Å². The molecular weight excluding hydrogens is 246 g/mol. The van der Waals surface area contributed by atoms with Crippen LogP contribution in [0.3, 0.4) is 0 Å². The van der Waals surface area contributed by atoms with Crippen LogP contribution in [0.2, 0.25) is 0 Å². The van der Waals surface area contributed by atoms with Gasteiger partial charge in [-0.05, 0) is 18.2 Å². The standard InChI is InChI=1S/C14H13NO4/c1-17-14(16)11-5-3-7-15(11)8-10-4-2-6-12-13(10)19-9-18-12/h2-7H,8-9H2,1H3. The minimum Gasteiger partial charge on any atom is -0.464 e. The maximum atomic E-state index is 11.6. The number of para-hydroxylation sites is 1. The Morgan fingerprint density at radius 3 is 3.05 bits per heavy atom. The van der Waals surface area contributed by atoms with E-state index in [4.69, 9.17) is 14.2 Å². The largest absolute Gasteiger partial charge is 0.464 e. The van der Waals surface area contributed by atoms with E-state index in [0.29, 0.717) is 12.2 Å². The summed E-state index contributed by atoms with van der Waals surface area (Å²) in [6.45, 7) is 0.770.